The molecule has 0 amide bonds. The normalized spacial score (nSPS) is 14.6. The lowest BCUT2D eigenvalue weighted by molar-refractivity contribution is -0.0267. The maximum atomic E-state index is 11.3. The van der Waals surface area contributed by atoms with E-state index in [1.165, 1.54) is 44.6 Å². The van der Waals surface area contributed by atoms with Crippen LogP contribution in [-0.2, 0) is 18.6 Å². The molecular weight excluding hydrogens is 643 g/mol. The van der Waals surface area contributed by atoms with E-state index in [2.05, 4.69) is 112 Å². The van der Waals surface area contributed by atoms with Crippen LogP contribution in [0.5, 0.6) is 0 Å². The van der Waals surface area contributed by atoms with Gasteiger partial charge in [-0.25, -0.2) is 4.57 Å². The molecule has 0 aromatic carbocycles. The molecule has 0 aliphatic carbocycles. The monoisotopic (exact) mass is 717 g/mol. The van der Waals surface area contributed by atoms with E-state index < -0.39 is 13.9 Å². The first-order valence-corrected chi connectivity index (χ1v) is 20.2. The Morgan fingerprint density at radius 3 is 1.14 bits per heavy atom. The van der Waals surface area contributed by atoms with Crippen LogP contribution in [0.15, 0.2) is 93.2 Å². The van der Waals surface area contributed by atoms with Gasteiger partial charge in [-0.3, -0.25) is 4.52 Å². The lowest BCUT2D eigenvalue weighted by Crippen LogP contribution is -2.25. The average molecular weight is 717 g/mol. The quantitative estimate of drug-likeness (QED) is 0.0476. The van der Waals surface area contributed by atoms with E-state index in [9.17, 15) is 14.4 Å². The van der Waals surface area contributed by atoms with E-state index in [4.69, 9.17) is 14.0 Å². The van der Waals surface area contributed by atoms with Gasteiger partial charge < -0.3 is 19.3 Å². The summed E-state index contributed by atoms with van der Waals surface area (Å²) in [4.78, 5) is 18.4. The highest BCUT2D eigenvalue weighted by molar-refractivity contribution is 7.46. The third-order valence-electron chi connectivity index (χ3n) is 8.35. The molecule has 0 aliphatic rings. The van der Waals surface area contributed by atoms with Crippen molar-refractivity contribution >= 4 is 7.82 Å². The van der Waals surface area contributed by atoms with Crippen LogP contribution in [0, 0.1) is 0 Å². The summed E-state index contributed by atoms with van der Waals surface area (Å²) in [5, 5.41) is 0. The fraction of sp³-hybridized carbons (Fsp3) is 0.628. The summed E-state index contributed by atoms with van der Waals surface area (Å²) in [6.45, 7) is 22.3. The molecule has 0 aliphatic heterocycles. The summed E-state index contributed by atoms with van der Waals surface area (Å²) in [5.41, 5.74) is 11.0. The van der Waals surface area contributed by atoms with Crippen molar-refractivity contribution in [3.63, 3.8) is 0 Å². The van der Waals surface area contributed by atoms with E-state index in [1.54, 1.807) is 0 Å². The molecule has 0 spiro atoms. The Morgan fingerprint density at radius 1 is 0.480 bits per heavy atom. The molecule has 0 aromatic heterocycles. The van der Waals surface area contributed by atoms with Gasteiger partial charge in [0.1, 0.15) is 6.10 Å². The Balaban J connectivity index is 4.60. The second-order valence-electron chi connectivity index (χ2n) is 14.4. The number of ether oxygens (including phenoxy) is 2. The smallest absolute Gasteiger partial charge is 0.375 e. The van der Waals surface area contributed by atoms with Crippen molar-refractivity contribution in [2.75, 3.05) is 26.4 Å². The van der Waals surface area contributed by atoms with Gasteiger partial charge >= 0.3 is 7.82 Å². The molecule has 0 heterocycles. The van der Waals surface area contributed by atoms with Crippen LogP contribution in [0.4, 0.5) is 0 Å². The molecule has 0 bridgehead atoms. The van der Waals surface area contributed by atoms with Crippen molar-refractivity contribution in [2.45, 2.75) is 152 Å². The van der Waals surface area contributed by atoms with Gasteiger partial charge in [0, 0.05) is 0 Å². The van der Waals surface area contributed by atoms with Crippen LogP contribution in [0.1, 0.15) is 146 Å². The van der Waals surface area contributed by atoms with Crippen molar-refractivity contribution in [2.24, 2.45) is 0 Å². The van der Waals surface area contributed by atoms with Crippen molar-refractivity contribution in [3.8, 4) is 0 Å². The van der Waals surface area contributed by atoms with Crippen molar-refractivity contribution < 1.29 is 28.3 Å². The molecule has 0 radical (unpaired) electrons. The molecule has 0 aromatic rings. The summed E-state index contributed by atoms with van der Waals surface area (Å²) in [6, 6.07) is 0. The number of phosphoric acid groups is 1. The van der Waals surface area contributed by atoms with Gasteiger partial charge in [-0.05, 0) is 146 Å². The largest absolute Gasteiger partial charge is 0.469 e. The summed E-state index contributed by atoms with van der Waals surface area (Å²) in [6.07, 6.45) is 30.2. The van der Waals surface area contributed by atoms with Crippen LogP contribution in [0.2, 0.25) is 0 Å². The molecule has 1 atom stereocenters. The molecule has 0 saturated heterocycles. The molecule has 7 heteroatoms. The van der Waals surface area contributed by atoms with E-state index in [0.29, 0.717) is 13.2 Å². The second kappa shape index (κ2) is 29.5. The van der Waals surface area contributed by atoms with Crippen LogP contribution in [-0.4, -0.2) is 42.3 Å². The molecule has 1 unspecified atom stereocenters. The summed E-state index contributed by atoms with van der Waals surface area (Å²) >= 11 is 0. The van der Waals surface area contributed by atoms with Gasteiger partial charge in [-0.1, -0.05) is 93.2 Å². The highest BCUT2D eigenvalue weighted by Crippen LogP contribution is 2.35. The minimum atomic E-state index is -4.60. The Kier molecular flexibility index (Phi) is 28.3. The lowest BCUT2D eigenvalue weighted by atomic mass is 10.0. The zero-order valence-corrected chi connectivity index (χ0v) is 34.4. The number of hydrogen-bond donors (Lipinski definition) is 2. The zero-order valence-electron chi connectivity index (χ0n) is 33.5. The molecule has 2 N–H and O–H groups in total. The summed E-state index contributed by atoms with van der Waals surface area (Å²) in [7, 11) is -4.60. The standard InChI is InChI=1S/C43H73O6P/c1-35(2)17-11-19-37(5)21-13-23-39(7)25-15-27-41(9)29-31-47-33-43(34-49-50(44,45)46)48-32-30-42(10)28-16-26-40(8)24-14-22-38(6)20-12-18-36(3)4/h17-18,21-22,25-26,29-30,43H,11-16,19-20,23-24,27-28,31-34H2,1-10H3,(H2,44,45,46)/b37-21+,38-22+,39-25+,40-26+,41-29+,42-30+. The van der Waals surface area contributed by atoms with Gasteiger partial charge in [-0.15, -0.1) is 0 Å². The topological polar surface area (TPSA) is 85.2 Å². The van der Waals surface area contributed by atoms with Crippen LogP contribution < -0.4 is 0 Å². The average Bonchev–Trinajstić information content (AvgIpc) is 3.00. The molecular formula is C43H73O6P. The summed E-state index contributed by atoms with van der Waals surface area (Å²) < 4.78 is 27.7. The minimum Gasteiger partial charge on any atom is -0.375 e. The summed E-state index contributed by atoms with van der Waals surface area (Å²) in [5.74, 6) is 0. The van der Waals surface area contributed by atoms with E-state index in [-0.39, 0.29) is 13.2 Å². The van der Waals surface area contributed by atoms with Gasteiger partial charge in [0.05, 0.1) is 26.4 Å². The predicted octanol–water partition coefficient (Wildman–Crippen LogP) is 12.8. The SMILES string of the molecule is CC(C)=CCC/C(C)=C/CC/C(C)=C/CC/C(C)=C/COCC(COP(=O)(O)O)OC/C=C(\C)CC/C=C(\C)CC/C=C(\C)CCC=C(C)C. The van der Waals surface area contributed by atoms with Gasteiger partial charge in [0.25, 0.3) is 0 Å². The Bertz CT molecular complexity index is 1230. The van der Waals surface area contributed by atoms with Crippen LogP contribution >= 0.6 is 7.82 Å². The first-order chi connectivity index (χ1) is 23.6. The molecule has 286 valence electrons. The fourth-order valence-corrected chi connectivity index (χ4v) is 5.39. The number of hydrogen-bond acceptors (Lipinski definition) is 4. The number of allylic oxidation sites excluding steroid dienone is 14. The number of rotatable bonds is 28. The predicted molar refractivity (Wildman–Crippen MR) is 215 cm³/mol. The highest BCUT2D eigenvalue weighted by atomic mass is 31.2. The number of phosphoric ester groups is 1. The maximum absolute atomic E-state index is 11.3. The highest BCUT2D eigenvalue weighted by Gasteiger charge is 2.19. The maximum Gasteiger partial charge on any atom is 0.469 e. The van der Waals surface area contributed by atoms with Crippen molar-refractivity contribution in [1.82, 2.24) is 0 Å². The second-order valence-corrected chi connectivity index (χ2v) is 15.6. The molecule has 0 saturated carbocycles. The van der Waals surface area contributed by atoms with Gasteiger partial charge in [0.15, 0.2) is 0 Å². The van der Waals surface area contributed by atoms with E-state index in [0.717, 1.165) is 77.0 Å². The first kappa shape index (κ1) is 48.0. The van der Waals surface area contributed by atoms with Crippen molar-refractivity contribution in [3.05, 3.63) is 93.2 Å². The van der Waals surface area contributed by atoms with Crippen LogP contribution in [0.3, 0.4) is 0 Å². The third kappa shape index (κ3) is 33.1. The van der Waals surface area contributed by atoms with E-state index >= 15 is 0 Å². The van der Waals surface area contributed by atoms with Crippen LogP contribution in [0.25, 0.3) is 0 Å². The zero-order chi connectivity index (χ0) is 37.8. The molecule has 0 rings (SSSR count). The van der Waals surface area contributed by atoms with Gasteiger partial charge in [-0.2, -0.15) is 0 Å². The molecule has 6 nitrogen and oxygen atoms in total. The Morgan fingerprint density at radius 2 is 0.800 bits per heavy atom. The molecule has 50 heavy (non-hydrogen) atoms. The van der Waals surface area contributed by atoms with Crippen molar-refractivity contribution in [1.29, 1.82) is 0 Å². The fourth-order valence-electron chi connectivity index (χ4n) is 5.03. The lowest BCUT2D eigenvalue weighted by Gasteiger charge is -2.17. The first-order valence-electron chi connectivity index (χ1n) is 18.7. The molecule has 0 fully saturated rings. The van der Waals surface area contributed by atoms with Gasteiger partial charge in [0.2, 0.25) is 0 Å². The van der Waals surface area contributed by atoms with E-state index in [1.807, 2.05) is 6.08 Å². The third-order valence-corrected chi connectivity index (χ3v) is 8.84. The Labute approximate surface area is 307 Å². The Hall–Kier alpha value is -2.05. The minimum absolute atomic E-state index is 0.182.